The Morgan fingerprint density at radius 2 is 2.00 bits per heavy atom. The van der Waals surface area contributed by atoms with Crippen molar-refractivity contribution in [1.82, 2.24) is 4.98 Å². The van der Waals surface area contributed by atoms with Gasteiger partial charge in [0, 0.05) is 32.1 Å². The number of aryl methyl sites for hydroxylation is 1. The molecule has 1 N–H and O–H groups in total. The summed E-state index contributed by atoms with van der Waals surface area (Å²) in [5.74, 6) is 0.842. The summed E-state index contributed by atoms with van der Waals surface area (Å²) in [6.07, 6.45) is 0. The van der Waals surface area contributed by atoms with Crippen molar-refractivity contribution in [3.05, 3.63) is 29.8 Å². The van der Waals surface area contributed by atoms with Crippen molar-refractivity contribution >= 4 is 28.3 Å². The van der Waals surface area contributed by atoms with Crippen LogP contribution in [0.25, 0.3) is 10.9 Å². The van der Waals surface area contributed by atoms with Gasteiger partial charge in [-0.05, 0) is 30.7 Å². The van der Waals surface area contributed by atoms with Crippen LogP contribution in [0.2, 0.25) is 0 Å². The van der Waals surface area contributed by atoms with Gasteiger partial charge in [0.15, 0.2) is 0 Å². The van der Waals surface area contributed by atoms with Crippen LogP contribution in [0.4, 0.5) is 11.5 Å². The summed E-state index contributed by atoms with van der Waals surface area (Å²) in [5.41, 5.74) is 2.85. The van der Waals surface area contributed by atoms with Crippen molar-refractivity contribution in [2.75, 3.05) is 24.3 Å². The van der Waals surface area contributed by atoms with Gasteiger partial charge in [-0.25, -0.2) is 4.98 Å². The molecule has 0 radical (unpaired) electrons. The molecule has 1 amide bonds. The second kappa shape index (κ2) is 4.64. The number of aromatic nitrogens is 1. The standard InChI is InChI=1S/C14H17N3O/c1-9-7-14(17(3)4)16-13-8-11(15-10(2)18)5-6-12(9)13/h5-8H,1-4H3,(H,15,18). The van der Waals surface area contributed by atoms with Gasteiger partial charge in [0.1, 0.15) is 5.82 Å². The maximum absolute atomic E-state index is 11.1. The zero-order valence-electron chi connectivity index (χ0n) is 11.1. The number of pyridine rings is 1. The van der Waals surface area contributed by atoms with Crippen LogP contribution in [-0.2, 0) is 4.79 Å². The molecule has 0 bridgehead atoms. The van der Waals surface area contributed by atoms with Crippen molar-refractivity contribution < 1.29 is 4.79 Å². The molecule has 18 heavy (non-hydrogen) atoms. The number of amides is 1. The molecule has 4 nitrogen and oxygen atoms in total. The second-order valence-corrected chi connectivity index (χ2v) is 4.60. The summed E-state index contributed by atoms with van der Waals surface area (Å²) in [7, 11) is 3.93. The van der Waals surface area contributed by atoms with Gasteiger partial charge in [-0.2, -0.15) is 0 Å². The first-order valence-corrected chi connectivity index (χ1v) is 5.83. The first-order chi connectivity index (χ1) is 8.47. The lowest BCUT2D eigenvalue weighted by Crippen LogP contribution is -2.11. The number of carbonyl (C=O) groups excluding carboxylic acids is 1. The third kappa shape index (κ3) is 2.42. The molecule has 0 aliphatic rings. The molecule has 0 saturated carbocycles. The summed E-state index contributed by atoms with van der Waals surface area (Å²) < 4.78 is 0. The number of carbonyl (C=O) groups is 1. The molecule has 0 unspecified atom stereocenters. The average molecular weight is 243 g/mol. The van der Waals surface area contributed by atoms with E-state index < -0.39 is 0 Å². The van der Waals surface area contributed by atoms with Crippen molar-refractivity contribution in [1.29, 1.82) is 0 Å². The van der Waals surface area contributed by atoms with Crippen LogP contribution in [0.3, 0.4) is 0 Å². The Labute approximate surface area is 107 Å². The van der Waals surface area contributed by atoms with Gasteiger partial charge in [0.05, 0.1) is 5.52 Å². The first kappa shape index (κ1) is 12.4. The molecule has 0 aliphatic carbocycles. The largest absolute Gasteiger partial charge is 0.363 e. The molecule has 1 aromatic heterocycles. The van der Waals surface area contributed by atoms with Gasteiger partial charge in [-0.3, -0.25) is 4.79 Å². The number of rotatable bonds is 2. The summed E-state index contributed by atoms with van der Waals surface area (Å²) >= 11 is 0. The second-order valence-electron chi connectivity index (χ2n) is 4.60. The van der Waals surface area contributed by atoms with Crippen molar-refractivity contribution in [2.24, 2.45) is 0 Å². The maximum atomic E-state index is 11.1. The number of benzene rings is 1. The van der Waals surface area contributed by atoms with E-state index in [1.807, 2.05) is 37.2 Å². The Kier molecular flexibility index (Phi) is 3.19. The minimum absolute atomic E-state index is 0.0742. The lowest BCUT2D eigenvalue weighted by molar-refractivity contribution is -0.114. The van der Waals surface area contributed by atoms with Crippen LogP contribution >= 0.6 is 0 Å². The van der Waals surface area contributed by atoms with Crippen LogP contribution in [0.15, 0.2) is 24.3 Å². The van der Waals surface area contributed by atoms with E-state index in [4.69, 9.17) is 0 Å². The van der Waals surface area contributed by atoms with E-state index in [2.05, 4.69) is 23.3 Å². The Bertz CT molecular complexity index is 605. The fourth-order valence-electron chi connectivity index (χ4n) is 1.89. The lowest BCUT2D eigenvalue weighted by Gasteiger charge is -2.14. The third-order valence-corrected chi connectivity index (χ3v) is 2.78. The number of anilines is 2. The molecule has 94 valence electrons. The Hall–Kier alpha value is -2.10. The van der Waals surface area contributed by atoms with Gasteiger partial charge < -0.3 is 10.2 Å². The van der Waals surface area contributed by atoms with Gasteiger partial charge in [-0.1, -0.05) is 6.07 Å². The summed E-state index contributed by atoms with van der Waals surface area (Å²) in [6, 6.07) is 7.84. The van der Waals surface area contributed by atoms with Crippen molar-refractivity contribution in [3.8, 4) is 0 Å². The zero-order valence-corrected chi connectivity index (χ0v) is 11.1. The molecule has 0 fully saturated rings. The quantitative estimate of drug-likeness (QED) is 0.881. The summed E-state index contributed by atoms with van der Waals surface area (Å²) in [6.45, 7) is 3.56. The predicted molar refractivity (Wildman–Crippen MR) is 75.1 cm³/mol. The lowest BCUT2D eigenvalue weighted by atomic mass is 10.1. The van der Waals surface area contributed by atoms with Crippen molar-refractivity contribution in [2.45, 2.75) is 13.8 Å². The van der Waals surface area contributed by atoms with Crippen LogP contribution < -0.4 is 10.2 Å². The van der Waals surface area contributed by atoms with Crippen LogP contribution in [-0.4, -0.2) is 25.0 Å². The Morgan fingerprint density at radius 1 is 1.28 bits per heavy atom. The number of fused-ring (bicyclic) bond motifs is 1. The highest BCUT2D eigenvalue weighted by atomic mass is 16.1. The number of nitrogens with zero attached hydrogens (tertiary/aromatic N) is 2. The highest BCUT2D eigenvalue weighted by molar-refractivity contribution is 5.93. The summed E-state index contributed by atoms with van der Waals surface area (Å²) in [4.78, 5) is 17.6. The molecule has 4 heteroatoms. The average Bonchev–Trinajstić information content (AvgIpc) is 2.27. The smallest absolute Gasteiger partial charge is 0.221 e. The minimum atomic E-state index is -0.0742. The molecule has 0 aliphatic heterocycles. The normalized spacial score (nSPS) is 10.4. The van der Waals surface area contributed by atoms with E-state index in [9.17, 15) is 4.79 Å². The molecule has 1 aromatic carbocycles. The molecule has 0 atom stereocenters. The first-order valence-electron chi connectivity index (χ1n) is 5.83. The predicted octanol–water partition coefficient (Wildman–Crippen LogP) is 2.57. The molecule has 0 spiro atoms. The van der Waals surface area contributed by atoms with Crippen LogP contribution in [0.5, 0.6) is 0 Å². The van der Waals surface area contributed by atoms with E-state index in [0.29, 0.717) is 0 Å². The fraction of sp³-hybridized carbons (Fsp3) is 0.286. The molecular formula is C14H17N3O. The van der Waals surface area contributed by atoms with E-state index in [1.54, 1.807) is 0 Å². The van der Waals surface area contributed by atoms with E-state index in [1.165, 1.54) is 12.5 Å². The number of nitrogens with one attached hydrogen (secondary N) is 1. The van der Waals surface area contributed by atoms with Gasteiger partial charge in [0.25, 0.3) is 0 Å². The van der Waals surface area contributed by atoms with Crippen molar-refractivity contribution in [3.63, 3.8) is 0 Å². The van der Waals surface area contributed by atoms with Crippen LogP contribution in [0, 0.1) is 6.92 Å². The van der Waals surface area contributed by atoms with Crippen LogP contribution in [0.1, 0.15) is 12.5 Å². The Morgan fingerprint density at radius 3 is 2.61 bits per heavy atom. The number of hydrogen-bond donors (Lipinski definition) is 1. The molecule has 0 saturated heterocycles. The summed E-state index contributed by atoms with van der Waals surface area (Å²) in [5, 5.41) is 3.88. The maximum Gasteiger partial charge on any atom is 0.221 e. The number of hydrogen-bond acceptors (Lipinski definition) is 3. The molecular weight excluding hydrogens is 226 g/mol. The fourth-order valence-corrected chi connectivity index (χ4v) is 1.89. The minimum Gasteiger partial charge on any atom is -0.363 e. The molecule has 1 heterocycles. The highest BCUT2D eigenvalue weighted by Gasteiger charge is 2.05. The van der Waals surface area contributed by atoms with Gasteiger partial charge in [-0.15, -0.1) is 0 Å². The van der Waals surface area contributed by atoms with Gasteiger partial charge >= 0.3 is 0 Å². The zero-order chi connectivity index (χ0) is 13.3. The molecule has 2 rings (SSSR count). The van der Waals surface area contributed by atoms with E-state index >= 15 is 0 Å². The van der Waals surface area contributed by atoms with E-state index in [-0.39, 0.29) is 5.91 Å². The SMILES string of the molecule is CC(=O)Nc1ccc2c(C)cc(N(C)C)nc2c1. The topological polar surface area (TPSA) is 45.2 Å². The molecule has 2 aromatic rings. The van der Waals surface area contributed by atoms with Gasteiger partial charge in [0.2, 0.25) is 5.91 Å². The third-order valence-electron chi connectivity index (χ3n) is 2.78. The Balaban J connectivity index is 2.56. The monoisotopic (exact) mass is 243 g/mol. The van der Waals surface area contributed by atoms with E-state index in [0.717, 1.165) is 22.4 Å². The highest BCUT2D eigenvalue weighted by Crippen LogP contribution is 2.24.